The van der Waals surface area contributed by atoms with Crippen LogP contribution in [0.2, 0.25) is 0 Å². The Balaban J connectivity index is 2.60. The Hall–Kier alpha value is -1.91. The van der Waals surface area contributed by atoms with Gasteiger partial charge in [-0.05, 0) is 13.3 Å². The second kappa shape index (κ2) is 6.62. The normalized spacial score (nSPS) is 11.6. The van der Waals surface area contributed by atoms with E-state index in [0.29, 0.717) is 18.1 Å². The number of carbonyl (C=O) groups excluding carboxylic acids is 1. The molecule has 0 fully saturated rings. The van der Waals surface area contributed by atoms with Gasteiger partial charge in [0, 0.05) is 25.0 Å². The third-order valence-electron chi connectivity index (χ3n) is 2.31. The molecular weight excluding hydrogens is 216 g/mol. The Morgan fingerprint density at radius 1 is 1.53 bits per heavy atom. The van der Waals surface area contributed by atoms with Gasteiger partial charge in [-0.2, -0.15) is 0 Å². The van der Waals surface area contributed by atoms with Gasteiger partial charge in [0.2, 0.25) is 5.95 Å². The third kappa shape index (κ3) is 4.22. The van der Waals surface area contributed by atoms with Crippen LogP contribution in [0.5, 0.6) is 0 Å². The van der Waals surface area contributed by atoms with Gasteiger partial charge in [-0.3, -0.25) is 4.79 Å². The van der Waals surface area contributed by atoms with Gasteiger partial charge in [0.25, 0.3) is 5.91 Å². The SMILES string of the molecule is C=CCNc1ncc(C(=O)NC(C)CC)cn1. The maximum Gasteiger partial charge on any atom is 0.254 e. The lowest BCUT2D eigenvalue weighted by Gasteiger charge is -2.10. The molecule has 5 nitrogen and oxygen atoms in total. The summed E-state index contributed by atoms with van der Waals surface area (Å²) in [5.74, 6) is 0.347. The van der Waals surface area contributed by atoms with Gasteiger partial charge in [-0.25, -0.2) is 9.97 Å². The monoisotopic (exact) mass is 234 g/mol. The van der Waals surface area contributed by atoms with E-state index in [0.717, 1.165) is 6.42 Å². The molecule has 1 aromatic heterocycles. The number of nitrogens with zero attached hydrogens (tertiary/aromatic N) is 2. The molecule has 5 heteroatoms. The zero-order valence-corrected chi connectivity index (χ0v) is 10.2. The van der Waals surface area contributed by atoms with E-state index in [2.05, 4.69) is 27.2 Å². The Kier molecular flexibility index (Phi) is 5.13. The third-order valence-corrected chi connectivity index (χ3v) is 2.31. The number of anilines is 1. The van der Waals surface area contributed by atoms with Crippen LogP contribution in [0.1, 0.15) is 30.6 Å². The maximum atomic E-state index is 11.7. The molecule has 17 heavy (non-hydrogen) atoms. The van der Waals surface area contributed by atoms with Crippen LogP contribution in [0.4, 0.5) is 5.95 Å². The highest BCUT2D eigenvalue weighted by Crippen LogP contribution is 2.01. The predicted octanol–water partition coefficient (Wildman–Crippen LogP) is 1.60. The number of carbonyl (C=O) groups is 1. The van der Waals surface area contributed by atoms with Gasteiger partial charge in [0.15, 0.2) is 0 Å². The molecule has 0 saturated carbocycles. The van der Waals surface area contributed by atoms with Gasteiger partial charge < -0.3 is 10.6 Å². The van der Waals surface area contributed by atoms with E-state index in [4.69, 9.17) is 0 Å². The molecule has 2 N–H and O–H groups in total. The molecule has 0 aliphatic rings. The van der Waals surface area contributed by atoms with Crippen molar-refractivity contribution in [3.05, 3.63) is 30.6 Å². The van der Waals surface area contributed by atoms with Crippen LogP contribution in [0.15, 0.2) is 25.0 Å². The largest absolute Gasteiger partial charge is 0.351 e. The summed E-state index contributed by atoms with van der Waals surface area (Å²) >= 11 is 0. The number of amides is 1. The first-order chi connectivity index (χ1) is 8.17. The summed E-state index contributed by atoms with van der Waals surface area (Å²) in [6.07, 6.45) is 5.63. The molecule has 0 aliphatic heterocycles. The molecule has 1 rings (SSSR count). The van der Waals surface area contributed by atoms with Crippen molar-refractivity contribution in [2.75, 3.05) is 11.9 Å². The Morgan fingerprint density at radius 2 is 2.18 bits per heavy atom. The predicted molar refractivity (Wildman–Crippen MR) is 67.9 cm³/mol. The summed E-state index contributed by atoms with van der Waals surface area (Å²) in [6, 6.07) is 0.154. The van der Waals surface area contributed by atoms with Gasteiger partial charge in [-0.15, -0.1) is 6.58 Å². The number of nitrogens with one attached hydrogen (secondary N) is 2. The molecule has 1 amide bonds. The summed E-state index contributed by atoms with van der Waals surface area (Å²) in [5, 5.41) is 5.79. The fourth-order valence-corrected chi connectivity index (χ4v) is 1.11. The highest BCUT2D eigenvalue weighted by atomic mass is 16.1. The average Bonchev–Trinajstić information content (AvgIpc) is 2.36. The van der Waals surface area contributed by atoms with Crippen LogP contribution >= 0.6 is 0 Å². The van der Waals surface area contributed by atoms with Crippen molar-refractivity contribution in [2.45, 2.75) is 26.3 Å². The molecular formula is C12H18N4O. The van der Waals surface area contributed by atoms with Crippen molar-refractivity contribution in [2.24, 2.45) is 0 Å². The first-order valence-electron chi connectivity index (χ1n) is 5.65. The molecule has 0 radical (unpaired) electrons. The van der Waals surface area contributed by atoms with E-state index < -0.39 is 0 Å². The van der Waals surface area contributed by atoms with Crippen molar-refractivity contribution in [3.8, 4) is 0 Å². The molecule has 1 aromatic rings. The van der Waals surface area contributed by atoms with Crippen LogP contribution in [0, 0.1) is 0 Å². The second-order valence-electron chi connectivity index (χ2n) is 3.75. The molecule has 92 valence electrons. The molecule has 1 heterocycles. The molecule has 0 saturated heterocycles. The lowest BCUT2D eigenvalue weighted by atomic mass is 10.2. The Morgan fingerprint density at radius 3 is 2.71 bits per heavy atom. The standard InChI is InChI=1S/C12H18N4O/c1-4-6-13-12-14-7-10(8-15-12)11(17)16-9(3)5-2/h4,7-9H,1,5-6H2,2-3H3,(H,16,17)(H,13,14,15). The molecule has 0 aliphatic carbocycles. The van der Waals surface area contributed by atoms with Gasteiger partial charge in [0.05, 0.1) is 5.56 Å². The summed E-state index contributed by atoms with van der Waals surface area (Å²) in [5.41, 5.74) is 0.467. The lowest BCUT2D eigenvalue weighted by Crippen LogP contribution is -2.32. The topological polar surface area (TPSA) is 66.9 Å². The lowest BCUT2D eigenvalue weighted by molar-refractivity contribution is 0.0938. The molecule has 0 spiro atoms. The summed E-state index contributed by atoms with van der Waals surface area (Å²) in [4.78, 5) is 19.8. The van der Waals surface area contributed by atoms with Crippen LogP contribution in [0.25, 0.3) is 0 Å². The maximum absolute atomic E-state index is 11.7. The second-order valence-corrected chi connectivity index (χ2v) is 3.75. The van der Waals surface area contributed by atoms with Crippen LogP contribution in [0.3, 0.4) is 0 Å². The van der Waals surface area contributed by atoms with E-state index in [9.17, 15) is 4.79 Å². The Bertz CT molecular complexity index is 375. The molecule has 0 aromatic carbocycles. The van der Waals surface area contributed by atoms with Crippen molar-refractivity contribution in [1.82, 2.24) is 15.3 Å². The number of hydrogen-bond acceptors (Lipinski definition) is 4. The zero-order valence-electron chi connectivity index (χ0n) is 10.2. The van der Waals surface area contributed by atoms with E-state index in [1.165, 1.54) is 12.4 Å². The smallest absolute Gasteiger partial charge is 0.254 e. The van der Waals surface area contributed by atoms with Crippen molar-refractivity contribution < 1.29 is 4.79 Å². The number of hydrogen-bond donors (Lipinski definition) is 2. The van der Waals surface area contributed by atoms with E-state index >= 15 is 0 Å². The minimum absolute atomic E-state index is 0.144. The van der Waals surface area contributed by atoms with E-state index in [-0.39, 0.29) is 11.9 Å². The van der Waals surface area contributed by atoms with Crippen molar-refractivity contribution in [3.63, 3.8) is 0 Å². The Labute approximate surface area is 101 Å². The zero-order chi connectivity index (χ0) is 12.7. The summed E-state index contributed by atoms with van der Waals surface area (Å²) in [6.45, 7) is 8.15. The van der Waals surface area contributed by atoms with Gasteiger partial charge in [0.1, 0.15) is 0 Å². The fourth-order valence-electron chi connectivity index (χ4n) is 1.11. The minimum atomic E-state index is -0.144. The van der Waals surface area contributed by atoms with Crippen molar-refractivity contribution in [1.29, 1.82) is 0 Å². The number of aromatic nitrogens is 2. The van der Waals surface area contributed by atoms with Crippen LogP contribution in [-0.2, 0) is 0 Å². The first kappa shape index (κ1) is 13.2. The van der Waals surface area contributed by atoms with Gasteiger partial charge in [-0.1, -0.05) is 13.0 Å². The van der Waals surface area contributed by atoms with E-state index in [1.807, 2.05) is 13.8 Å². The summed E-state index contributed by atoms with van der Waals surface area (Å²) < 4.78 is 0. The summed E-state index contributed by atoms with van der Waals surface area (Å²) in [7, 11) is 0. The molecule has 1 atom stereocenters. The molecule has 0 bridgehead atoms. The highest BCUT2D eigenvalue weighted by molar-refractivity contribution is 5.93. The minimum Gasteiger partial charge on any atom is -0.351 e. The quantitative estimate of drug-likeness (QED) is 0.734. The number of rotatable bonds is 6. The average molecular weight is 234 g/mol. The fraction of sp³-hybridized carbons (Fsp3) is 0.417. The van der Waals surface area contributed by atoms with Crippen LogP contribution < -0.4 is 10.6 Å². The van der Waals surface area contributed by atoms with E-state index in [1.54, 1.807) is 6.08 Å². The molecule has 1 unspecified atom stereocenters. The van der Waals surface area contributed by atoms with Crippen molar-refractivity contribution >= 4 is 11.9 Å². The highest BCUT2D eigenvalue weighted by Gasteiger charge is 2.09. The van der Waals surface area contributed by atoms with Crippen LogP contribution in [-0.4, -0.2) is 28.5 Å². The van der Waals surface area contributed by atoms with Gasteiger partial charge >= 0.3 is 0 Å². The first-order valence-corrected chi connectivity index (χ1v) is 5.65.